The fourth-order valence-electron chi connectivity index (χ4n) is 0.998. The summed E-state index contributed by atoms with van der Waals surface area (Å²) in [5, 5.41) is 9.44. The van der Waals surface area contributed by atoms with E-state index in [0.717, 1.165) is 0 Å². The third-order valence-corrected chi connectivity index (χ3v) is 3.64. The van der Waals surface area contributed by atoms with Crippen molar-refractivity contribution in [3.05, 3.63) is 16.1 Å². The molecule has 0 aliphatic rings. The van der Waals surface area contributed by atoms with Crippen LogP contribution in [-0.2, 0) is 10.0 Å². The van der Waals surface area contributed by atoms with Crippen molar-refractivity contribution in [1.29, 1.82) is 0 Å². The smallest absolute Gasteiger partial charge is 0.270 e. The maximum Gasteiger partial charge on any atom is 0.270 e. The van der Waals surface area contributed by atoms with Crippen LogP contribution in [0, 0.1) is 0 Å². The number of rotatable bonds is 5. The highest BCUT2D eigenvalue weighted by molar-refractivity contribution is 7.89. The van der Waals surface area contributed by atoms with Crippen molar-refractivity contribution in [2.45, 2.75) is 13.0 Å². The van der Waals surface area contributed by atoms with E-state index in [9.17, 15) is 13.2 Å². The van der Waals surface area contributed by atoms with Crippen molar-refractivity contribution in [1.82, 2.24) is 10.3 Å². The quantitative estimate of drug-likeness (QED) is 0.648. The zero-order valence-electron chi connectivity index (χ0n) is 9.21. The third kappa shape index (κ3) is 4.77. The lowest BCUT2D eigenvalue weighted by molar-refractivity contribution is 0.0951. The number of carbonyl (C=O) groups excluding carboxylic acids is 1. The standard InChI is InChI=1S/C8H14N4O3S2/c1-5(9)8-12-6(4-16-8)7(13)11-2-3-17(10,14)15/h4-5H,2-3,9H2,1H3,(H,11,13)(H2,10,14,15). The molecule has 5 N–H and O–H groups in total. The molecule has 1 unspecified atom stereocenters. The van der Waals surface area contributed by atoms with Gasteiger partial charge in [0.2, 0.25) is 10.0 Å². The first-order chi connectivity index (χ1) is 7.79. The maximum absolute atomic E-state index is 11.5. The molecular formula is C8H14N4O3S2. The molecule has 0 aliphatic heterocycles. The Morgan fingerprint density at radius 2 is 2.29 bits per heavy atom. The van der Waals surface area contributed by atoms with Crippen molar-refractivity contribution in [3.63, 3.8) is 0 Å². The first-order valence-electron chi connectivity index (χ1n) is 4.79. The summed E-state index contributed by atoms with van der Waals surface area (Å²) in [7, 11) is -3.56. The summed E-state index contributed by atoms with van der Waals surface area (Å²) >= 11 is 1.29. The van der Waals surface area contributed by atoms with Crippen LogP contribution in [-0.4, -0.2) is 31.6 Å². The Bertz CT molecular complexity index is 495. The van der Waals surface area contributed by atoms with Crippen LogP contribution in [0.1, 0.15) is 28.5 Å². The molecule has 0 saturated heterocycles. The van der Waals surface area contributed by atoms with Gasteiger partial charge in [-0.2, -0.15) is 0 Å². The van der Waals surface area contributed by atoms with Crippen LogP contribution in [0.25, 0.3) is 0 Å². The summed E-state index contributed by atoms with van der Waals surface area (Å²) in [6.45, 7) is 1.73. The molecule has 1 rings (SSSR count). The summed E-state index contributed by atoms with van der Waals surface area (Å²) in [6, 6.07) is -0.231. The fraction of sp³-hybridized carbons (Fsp3) is 0.500. The highest BCUT2D eigenvalue weighted by Gasteiger charge is 2.13. The first kappa shape index (κ1) is 14.0. The average molecular weight is 278 g/mol. The zero-order valence-corrected chi connectivity index (χ0v) is 10.8. The molecule has 0 fully saturated rings. The molecule has 1 amide bonds. The SMILES string of the molecule is CC(N)c1nc(C(=O)NCCS(N)(=O)=O)cs1. The number of carbonyl (C=O) groups is 1. The second kappa shape index (κ2) is 5.54. The lowest BCUT2D eigenvalue weighted by Crippen LogP contribution is -2.31. The minimum absolute atomic E-state index is 0.0390. The number of primary sulfonamides is 1. The van der Waals surface area contributed by atoms with Crippen LogP contribution in [0.3, 0.4) is 0 Å². The maximum atomic E-state index is 11.5. The van der Waals surface area contributed by atoms with E-state index >= 15 is 0 Å². The first-order valence-corrected chi connectivity index (χ1v) is 7.39. The lowest BCUT2D eigenvalue weighted by atomic mass is 10.4. The second-order valence-corrected chi connectivity index (χ2v) is 6.11. The van der Waals surface area contributed by atoms with Gasteiger partial charge in [0.25, 0.3) is 5.91 Å². The van der Waals surface area contributed by atoms with E-state index in [-0.39, 0.29) is 24.0 Å². The number of nitrogens with one attached hydrogen (secondary N) is 1. The van der Waals surface area contributed by atoms with E-state index in [1.807, 2.05) is 0 Å². The highest BCUT2D eigenvalue weighted by Crippen LogP contribution is 2.15. The number of nitrogens with two attached hydrogens (primary N) is 2. The van der Waals surface area contributed by atoms with Gasteiger partial charge >= 0.3 is 0 Å². The molecule has 0 aromatic carbocycles. The van der Waals surface area contributed by atoms with Gasteiger partial charge in [-0.25, -0.2) is 18.5 Å². The molecule has 17 heavy (non-hydrogen) atoms. The van der Waals surface area contributed by atoms with Crippen molar-refractivity contribution in [2.24, 2.45) is 10.9 Å². The van der Waals surface area contributed by atoms with Crippen LogP contribution < -0.4 is 16.2 Å². The van der Waals surface area contributed by atoms with E-state index < -0.39 is 15.9 Å². The molecule has 1 aromatic rings. The Labute approximate surface area is 103 Å². The van der Waals surface area contributed by atoms with E-state index in [1.54, 1.807) is 12.3 Å². The average Bonchev–Trinajstić information content (AvgIpc) is 2.63. The van der Waals surface area contributed by atoms with Crippen LogP contribution in [0.15, 0.2) is 5.38 Å². The normalized spacial score (nSPS) is 13.4. The summed E-state index contributed by atoms with van der Waals surface area (Å²) in [4.78, 5) is 15.5. The van der Waals surface area contributed by atoms with Gasteiger partial charge in [0.15, 0.2) is 0 Å². The number of sulfonamides is 1. The fourth-order valence-corrected chi connectivity index (χ4v) is 2.14. The minimum atomic E-state index is -3.56. The molecule has 0 bridgehead atoms. The van der Waals surface area contributed by atoms with E-state index in [1.165, 1.54) is 11.3 Å². The number of thiazole rings is 1. The highest BCUT2D eigenvalue weighted by atomic mass is 32.2. The lowest BCUT2D eigenvalue weighted by Gasteiger charge is -2.01. The summed E-state index contributed by atoms with van der Waals surface area (Å²) in [6.07, 6.45) is 0. The van der Waals surface area contributed by atoms with Crippen LogP contribution in [0.2, 0.25) is 0 Å². The topological polar surface area (TPSA) is 128 Å². The molecule has 9 heteroatoms. The Morgan fingerprint density at radius 3 is 2.76 bits per heavy atom. The number of amides is 1. The summed E-state index contributed by atoms with van der Waals surface area (Å²) in [5.41, 5.74) is 5.84. The van der Waals surface area contributed by atoms with Crippen molar-refractivity contribution in [2.75, 3.05) is 12.3 Å². The molecular weight excluding hydrogens is 264 g/mol. The van der Waals surface area contributed by atoms with Gasteiger partial charge in [0.1, 0.15) is 10.7 Å². The molecule has 0 saturated carbocycles. The van der Waals surface area contributed by atoms with Crippen molar-refractivity contribution < 1.29 is 13.2 Å². The van der Waals surface area contributed by atoms with Crippen LogP contribution in [0.4, 0.5) is 0 Å². The molecule has 0 aliphatic carbocycles. The van der Waals surface area contributed by atoms with E-state index in [4.69, 9.17) is 10.9 Å². The van der Waals surface area contributed by atoms with Crippen LogP contribution >= 0.6 is 11.3 Å². The number of nitrogens with zero attached hydrogens (tertiary/aromatic N) is 1. The predicted molar refractivity (Wildman–Crippen MR) is 65.0 cm³/mol. The second-order valence-electron chi connectivity index (χ2n) is 3.48. The van der Waals surface area contributed by atoms with Gasteiger partial charge in [-0.15, -0.1) is 11.3 Å². The van der Waals surface area contributed by atoms with Gasteiger partial charge in [0.05, 0.1) is 11.8 Å². The van der Waals surface area contributed by atoms with Crippen LogP contribution in [0.5, 0.6) is 0 Å². The monoisotopic (exact) mass is 278 g/mol. The molecule has 0 radical (unpaired) electrons. The number of hydrogen-bond acceptors (Lipinski definition) is 6. The summed E-state index contributed by atoms with van der Waals surface area (Å²) in [5.74, 6) is -0.736. The third-order valence-electron chi connectivity index (χ3n) is 1.82. The molecule has 1 heterocycles. The molecule has 1 aromatic heterocycles. The van der Waals surface area contributed by atoms with Gasteiger partial charge in [-0.05, 0) is 6.92 Å². The molecule has 96 valence electrons. The largest absolute Gasteiger partial charge is 0.350 e. The predicted octanol–water partition coefficient (Wildman–Crippen LogP) is -0.819. The molecule has 1 atom stereocenters. The minimum Gasteiger partial charge on any atom is -0.350 e. The van der Waals surface area contributed by atoms with Gasteiger partial charge in [-0.1, -0.05) is 0 Å². The Hall–Kier alpha value is -1.03. The number of hydrogen-bond donors (Lipinski definition) is 3. The van der Waals surface area contributed by atoms with Gasteiger partial charge < -0.3 is 11.1 Å². The van der Waals surface area contributed by atoms with Crippen molar-refractivity contribution >= 4 is 27.3 Å². The Balaban J connectivity index is 2.52. The zero-order chi connectivity index (χ0) is 13.1. The van der Waals surface area contributed by atoms with E-state index in [2.05, 4.69) is 10.3 Å². The van der Waals surface area contributed by atoms with Gasteiger partial charge in [-0.3, -0.25) is 4.79 Å². The van der Waals surface area contributed by atoms with Gasteiger partial charge in [0, 0.05) is 11.9 Å². The number of aromatic nitrogens is 1. The molecule has 7 nitrogen and oxygen atoms in total. The molecule has 0 spiro atoms. The van der Waals surface area contributed by atoms with E-state index in [0.29, 0.717) is 5.01 Å². The Morgan fingerprint density at radius 1 is 1.65 bits per heavy atom. The summed E-state index contributed by atoms with van der Waals surface area (Å²) < 4.78 is 21.3. The van der Waals surface area contributed by atoms with Crippen molar-refractivity contribution in [3.8, 4) is 0 Å². The Kier molecular flexibility index (Phi) is 4.57.